The molecule has 2 radical (unpaired) electrons. The Labute approximate surface area is 86.4 Å². The molecular weight excluding hydrogens is 177 g/mol. The Kier molecular flexibility index (Phi) is 2.34. The highest BCUT2D eigenvalue weighted by Gasteiger charge is 2.51. The summed E-state index contributed by atoms with van der Waals surface area (Å²) in [5.41, 5.74) is -0.185. The molecule has 0 spiro atoms. The molecule has 0 saturated carbocycles. The van der Waals surface area contributed by atoms with Crippen LogP contribution in [0.2, 0.25) is 0 Å². The van der Waals surface area contributed by atoms with E-state index in [1.807, 2.05) is 6.92 Å². The topological polar surface area (TPSA) is 26.3 Å². The van der Waals surface area contributed by atoms with Crippen molar-refractivity contribution in [2.45, 2.75) is 26.2 Å². The van der Waals surface area contributed by atoms with Gasteiger partial charge in [0.05, 0.1) is 31.7 Å². The van der Waals surface area contributed by atoms with Gasteiger partial charge in [0.25, 0.3) is 0 Å². The van der Waals surface area contributed by atoms with E-state index in [4.69, 9.17) is 12.7 Å². The van der Waals surface area contributed by atoms with Crippen LogP contribution in [0.5, 0.6) is 0 Å². The normalized spacial score (nSPS) is 40.9. The van der Waals surface area contributed by atoms with E-state index in [1.165, 1.54) is 0 Å². The number of hydrogen-bond acceptors (Lipinski definition) is 2. The van der Waals surface area contributed by atoms with E-state index in [1.54, 1.807) is 0 Å². The highest BCUT2D eigenvalue weighted by Crippen LogP contribution is 2.43. The van der Waals surface area contributed by atoms with Crippen LogP contribution in [0.25, 0.3) is 0 Å². The van der Waals surface area contributed by atoms with Crippen LogP contribution in [-0.2, 0) is 9.53 Å². The highest BCUT2D eigenvalue weighted by atomic mass is 16.5. The molecule has 0 amide bonds. The molecule has 0 aromatic heterocycles. The zero-order valence-corrected chi connectivity index (χ0v) is 8.79. The molecule has 0 unspecified atom stereocenters. The van der Waals surface area contributed by atoms with E-state index in [9.17, 15) is 4.79 Å². The second kappa shape index (κ2) is 3.26. The van der Waals surface area contributed by atoms with Crippen LogP contribution < -0.4 is 0 Å². The maximum Gasteiger partial charge on any atom is 0.481 e. The summed E-state index contributed by atoms with van der Waals surface area (Å²) in [6.45, 7) is 5.14. The number of carbonyl (C=O) groups is 1. The van der Waals surface area contributed by atoms with Crippen LogP contribution in [-0.4, -0.2) is 44.6 Å². The van der Waals surface area contributed by atoms with Crippen molar-refractivity contribution in [3.63, 3.8) is 0 Å². The first-order valence-electron chi connectivity index (χ1n) is 5.42. The summed E-state index contributed by atoms with van der Waals surface area (Å²) in [6, 6.07) is 0. The number of ether oxygens (including phenoxy) is 1. The molecule has 3 fully saturated rings. The van der Waals surface area contributed by atoms with Gasteiger partial charge in [-0.25, -0.2) is 0 Å². The van der Waals surface area contributed by atoms with Gasteiger partial charge in [0.2, 0.25) is 0 Å². The van der Waals surface area contributed by atoms with E-state index in [-0.39, 0.29) is 11.4 Å². The fourth-order valence-electron chi connectivity index (χ4n) is 2.61. The maximum absolute atomic E-state index is 11.8. The summed E-state index contributed by atoms with van der Waals surface area (Å²) in [6.07, 6.45) is 2.72. The Bertz CT molecular complexity index is 230. The molecule has 4 heteroatoms. The number of rotatable bonds is 2. The molecule has 3 saturated heterocycles. The lowest BCUT2D eigenvalue weighted by molar-refractivity contribution is -0.838. The number of fused-ring (bicyclic) bond motifs is 3. The third-order valence-electron chi connectivity index (χ3n) is 3.82. The molecule has 3 nitrogen and oxygen atoms in total. The lowest BCUT2D eigenvalue weighted by atomic mass is 9.69. The molecule has 0 N–H and O–H groups in total. The van der Waals surface area contributed by atoms with Gasteiger partial charge in [-0.3, -0.25) is 4.79 Å². The van der Waals surface area contributed by atoms with E-state index >= 15 is 0 Å². The molecule has 0 aliphatic carbocycles. The minimum atomic E-state index is -0.185. The Morgan fingerprint density at radius 1 is 1.36 bits per heavy atom. The molecule has 0 atom stereocenters. The first-order chi connectivity index (χ1) is 6.60. The fourth-order valence-corrected chi connectivity index (χ4v) is 2.61. The maximum atomic E-state index is 11.8. The van der Waals surface area contributed by atoms with E-state index < -0.39 is 0 Å². The van der Waals surface area contributed by atoms with Crippen molar-refractivity contribution < 1.29 is 13.9 Å². The van der Waals surface area contributed by atoms with E-state index in [2.05, 4.69) is 0 Å². The third kappa shape index (κ3) is 1.46. The van der Waals surface area contributed by atoms with Crippen LogP contribution in [0.3, 0.4) is 0 Å². The highest BCUT2D eigenvalue weighted by molar-refractivity contribution is 5.97. The molecule has 3 aliphatic heterocycles. The van der Waals surface area contributed by atoms with Gasteiger partial charge in [-0.05, 0) is 6.92 Å². The first kappa shape index (κ1) is 10.0. The van der Waals surface area contributed by atoms with E-state index in [0.717, 1.165) is 38.9 Å². The van der Waals surface area contributed by atoms with Crippen LogP contribution in [0.1, 0.15) is 26.2 Å². The van der Waals surface area contributed by atoms with Crippen LogP contribution in [0.15, 0.2) is 0 Å². The molecule has 0 aromatic rings. The first-order valence-corrected chi connectivity index (χ1v) is 5.42. The Balaban J connectivity index is 2.08. The third-order valence-corrected chi connectivity index (χ3v) is 3.82. The summed E-state index contributed by atoms with van der Waals surface area (Å²) in [4.78, 5) is 11.8. The monoisotopic (exact) mass is 194 g/mol. The van der Waals surface area contributed by atoms with Crippen molar-refractivity contribution >= 4 is 14.0 Å². The van der Waals surface area contributed by atoms with Crippen molar-refractivity contribution in [1.82, 2.24) is 0 Å². The number of piperidine rings is 3. The standard InChI is InChI=1S/C10H17BNO2/c1-2-14-9(13)10-3-6-12(11,7-4-10)8-5-10/h2-8H2,1H3/q+1. The van der Waals surface area contributed by atoms with Gasteiger partial charge >= 0.3 is 14.0 Å². The van der Waals surface area contributed by atoms with Crippen molar-refractivity contribution in [3.8, 4) is 0 Å². The molecule has 76 valence electrons. The molecule has 3 heterocycles. The summed E-state index contributed by atoms with van der Waals surface area (Å²) in [7, 11) is 6.11. The lowest BCUT2D eigenvalue weighted by Crippen LogP contribution is -2.62. The summed E-state index contributed by atoms with van der Waals surface area (Å²) < 4.78 is 5.81. The van der Waals surface area contributed by atoms with E-state index in [0.29, 0.717) is 11.0 Å². The zero-order valence-electron chi connectivity index (χ0n) is 8.79. The number of quaternary nitrogens is 1. The Hall–Kier alpha value is -0.505. The number of hydrogen-bond donors (Lipinski definition) is 0. The van der Waals surface area contributed by atoms with Crippen molar-refractivity contribution in [1.29, 1.82) is 0 Å². The second-order valence-corrected chi connectivity index (χ2v) is 4.64. The van der Waals surface area contributed by atoms with Gasteiger partial charge in [0, 0.05) is 19.3 Å². The Morgan fingerprint density at radius 2 is 1.86 bits per heavy atom. The van der Waals surface area contributed by atoms with Gasteiger partial charge in [-0.1, -0.05) is 0 Å². The van der Waals surface area contributed by atoms with Crippen molar-refractivity contribution in [2.75, 3.05) is 26.2 Å². The smallest absolute Gasteiger partial charge is 0.466 e. The minimum absolute atomic E-state index is 0.00551. The SMILES string of the molecule is [B][N+]12CCC(C(=O)OCC)(CC1)CC2. The second-order valence-electron chi connectivity index (χ2n) is 4.64. The van der Waals surface area contributed by atoms with Gasteiger partial charge in [-0.15, -0.1) is 0 Å². The molecule has 2 bridgehead atoms. The summed E-state index contributed by atoms with van der Waals surface area (Å²) >= 11 is 0. The zero-order chi connectivity index (χ0) is 10.2. The summed E-state index contributed by atoms with van der Waals surface area (Å²) in [5, 5.41) is 0. The molecule has 3 rings (SSSR count). The minimum Gasteiger partial charge on any atom is -0.466 e. The van der Waals surface area contributed by atoms with Gasteiger partial charge in [0.1, 0.15) is 0 Å². The van der Waals surface area contributed by atoms with Crippen LogP contribution in [0, 0.1) is 5.41 Å². The number of esters is 1. The quantitative estimate of drug-likeness (QED) is 0.476. The van der Waals surface area contributed by atoms with Gasteiger partial charge < -0.3 is 9.13 Å². The van der Waals surface area contributed by atoms with Crippen molar-refractivity contribution in [3.05, 3.63) is 0 Å². The molecular formula is C10H17BNO2+. The van der Waals surface area contributed by atoms with Crippen LogP contribution in [0.4, 0.5) is 0 Å². The average Bonchev–Trinajstić information content (AvgIpc) is 2.20. The fraction of sp³-hybridized carbons (Fsp3) is 0.900. The van der Waals surface area contributed by atoms with Crippen LogP contribution >= 0.6 is 0 Å². The molecule has 0 aromatic carbocycles. The lowest BCUT2D eigenvalue weighted by Gasteiger charge is -2.52. The Morgan fingerprint density at radius 3 is 2.29 bits per heavy atom. The predicted octanol–water partition coefficient (Wildman–Crippen LogP) is 0.634. The number of carbonyl (C=O) groups excluding carboxylic acids is 1. The van der Waals surface area contributed by atoms with Crippen molar-refractivity contribution in [2.24, 2.45) is 5.41 Å². The molecule has 3 aliphatic rings. The predicted molar refractivity (Wildman–Crippen MR) is 53.5 cm³/mol. The van der Waals surface area contributed by atoms with Gasteiger partial charge in [0.15, 0.2) is 0 Å². The molecule has 14 heavy (non-hydrogen) atoms. The van der Waals surface area contributed by atoms with Gasteiger partial charge in [-0.2, -0.15) is 0 Å². The average molecular weight is 194 g/mol. The number of nitrogens with zero attached hydrogens (tertiary/aromatic N) is 1. The largest absolute Gasteiger partial charge is 0.481 e. The summed E-state index contributed by atoms with van der Waals surface area (Å²) in [5.74, 6) is 0.00551.